The van der Waals surface area contributed by atoms with E-state index in [2.05, 4.69) is 37.8 Å². The van der Waals surface area contributed by atoms with E-state index in [1.54, 1.807) is 115 Å². The fourth-order valence-electron chi connectivity index (χ4n) is 12.0. The largest absolute Gasteiger partial charge is 0.493 e. The third-order valence-electron chi connectivity index (χ3n) is 17.2. The molecular weight excluding hydrogens is 1260 g/mol. The number of aromatic nitrogens is 5. The molecule has 27 nitrogen and oxygen atoms in total. The number of anilines is 3. The van der Waals surface area contributed by atoms with Crippen molar-refractivity contribution in [2.75, 3.05) is 68.6 Å². The molecule has 0 aliphatic carbocycles. The molecule has 1 saturated heterocycles. The van der Waals surface area contributed by atoms with Gasteiger partial charge in [-0.2, -0.15) is 0 Å². The topological polar surface area (TPSA) is 341 Å². The quantitative estimate of drug-likeness (QED) is 0.0116. The number of ketones is 3. The predicted octanol–water partition coefficient (Wildman–Crippen LogP) is 6.88. The maximum atomic E-state index is 14.2. The van der Waals surface area contributed by atoms with Crippen LogP contribution in [0.2, 0.25) is 0 Å². The van der Waals surface area contributed by atoms with Gasteiger partial charge in [0.05, 0.1) is 61.0 Å². The molecule has 0 radical (unpaired) electrons. The lowest BCUT2D eigenvalue weighted by Crippen LogP contribution is -2.45. The van der Waals surface area contributed by atoms with E-state index in [-0.39, 0.29) is 142 Å². The lowest BCUT2D eigenvalue weighted by atomic mass is 9.89. The number of amides is 7. The van der Waals surface area contributed by atoms with E-state index in [0.29, 0.717) is 103 Å². The number of imide groups is 1. The van der Waals surface area contributed by atoms with Crippen molar-refractivity contribution in [1.29, 1.82) is 0 Å². The Bertz CT molecular complexity index is 4110. The number of nitrogens with one attached hydrogen (secondary N) is 4. The van der Waals surface area contributed by atoms with Gasteiger partial charge in [-0.1, -0.05) is 32.4 Å². The summed E-state index contributed by atoms with van der Waals surface area (Å²) in [5.74, 6) is -3.80. The van der Waals surface area contributed by atoms with Crippen molar-refractivity contribution in [3.8, 4) is 5.75 Å². The van der Waals surface area contributed by atoms with Crippen LogP contribution < -0.4 is 31.7 Å². The predicted molar refractivity (Wildman–Crippen MR) is 365 cm³/mol. The molecular formula is C71H85N13O14. The van der Waals surface area contributed by atoms with Crippen LogP contribution in [0.25, 0.3) is 10.9 Å². The SMILES string of the molecule is C=C1C[C@H]2C=Nc3cc(OCCCC(=O)Nc4cn(C)c(C(=O)Cc5cc(C(=O)Nc6cc(C(=O)n7ccc8cc(NC(=O)[C@H](CCCCN)CC(=O)[C@@H](NC(=O)CCOCCOCCCC(=O)CCN9C(=O)C=CC9=O)C(C)C)ccc87)n(C)c6)n(C)c5)n4)c(C)cc3C(=O)N2C1. The summed E-state index contributed by atoms with van der Waals surface area (Å²) in [6, 6.07) is 12.5. The second-order valence-corrected chi connectivity index (χ2v) is 25.3. The van der Waals surface area contributed by atoms with Gasteiger partial charge >= 0.3 is 0 Å². The Balaban J connectivity index is 0.706. The number of imidazole rings is 1. The molecule has 9 rings (SSSR count). The number of rotatable bonds is 36. The summed E-state index contributed by atoms with van der Waals surface area (Å²) < 4.78 is 23.3. The van der Waals surface area contributed by atoms with Crippen LogP contribution in [0.3, 0.4) is 0 Å². The maximum absolute atomic E-state index is 14.2. The number of carbonyl (C=O) groups is 11. The minimum Gasteiger partial charge on any atom is -0.493 e. The first-order valence-corrected chi connectivity index (χ1v) is 32.9. The highest BCUT2D eigenvalue weighted by molar-refractivity contribution is 6.13. The normalized spacial score (nSPS) is 14.8. The van der Waals surface area contributed by atoms with Crippen molar-refractivity contribution in [1.82, 2.24) is 38.4 Å². The number of aliphatic imine (C=N–C) groups is 1. The van der Waals surface area contributed by atoms with Crippen molar-refractivity contribution in [2.24, 2.45) is 43.7 Å². The van der Waals surface area contributed by atoms with Crippen molar-refractivity contribution < 1.29 is 67.0 Å². The summed E-state index contributed by atoms with van der Waals surface area (Å²) in [5.41, 5.74) is 11.0. The molecule has 6 N–H and O–H groups in total. The molecule has 27 heteroatoms. The number of fused-ring (bicyclic) bond motifs is 3. The molecule has 3 atom stereocenters. The number of ether oxygens (including phenoxy) is 3. The standard InChI is InChI=1S/C71H85N13O14/c1-43(2)66(78-63(89)21-27-97-29-28-96-25-10-13-52(85)20-24-83-64(90)17-18-65(83)91)58(86)35-48(12-8-9-22-72)68(92)74-49-15-16-55-47(34-49)19-23-82(55)71(95)57-36-50(41-80(57)6)75-69(93)56-32-46(40-79(56)5)33-59(87)67-77-61(42-81(67)7)76-62(88)14-11-26-98-60-37-54-53(31-45(60)4)70(94)84-39-44(3)30-51(84)38-73-54/h15-19,23,31-32,34,36-38,40-43,48,51,66H,3,8-14,20-22,24-30,33,35,39,72H2,1-2,4-7H3,(H,74,92)(H,75,93)(H,76,88)(H,78,89)/t48-,51+,66+/m1/s1. The third kappa shape index (κ3) is 18.4. The molecule has 6 aromatic rings. The average Bonchev–Trinajstić information content (AvgIpc) is 1.62. The average molecular weight is 1340 g/mol. The van der Waals surface area contributed by atoms with E-state index in [1.165, 1.54) is 21.3 Å². The van der Waals surface area contributed by atoms with Crippen LogP contribution in [0.1, 0.15) is 138 Å². The van der Waals surface area contributed by atoms with Gasteiger partial charge in [0.25, 0.3) is 29.5 Å². The highest BCUT2D eigenvalue weighted by Crippen LogP contribution is 2.35. The molecule has 3 aliphatic heterocycles. The van der Waals surface area contributed by atoms with E-state index in [9.17, 15) is 52.7 Å². The van der Waals surface area contributed by atoms with Crippen molar-refractivity contribution >= 4 is 105 Å². The molecule has 7 amide bonds. The molecule has 0 unspecified atom stereocenters. The molecule has 0 spiro atoms. The highest BCUT2D eigenvalue weighted by Gasteiger charge is 2.35. The van der Waals surface area contributed by atoms with Gasteiger partial charge in [-0.15, -0.1) is 0 Å². The minimum atomic E-state index is -0.861. The van der Waals surface area contributed by atoms with Crippen LogP contribution in [0, 0.1) is 18.8 Å². The van der Waals surface area contributed by atoms with E-state index in [0.717, 1.165) is 16.0 Å². The van der Waals surface area contributed by atoms with Gasteiger partial charge in [0.2, 0.25) is 23.5 Å². The number of hydrogen-bond acceptors (Lipinski definition) is 17. The Morgan fingerprint density at radius 3 is 2.24 bits per heavy atom. The first-order valence-electron chi connectivity index (χ1n) is 32.9. The van der Waals surface area contributed by atoms with E-state index < -0.39 is 41.5 Å². The van der Waals surface area contributed by atoms with E-state index in [1.807, 2.05) is 20.8 Å². The summed E-state index contributed by atoms with van der Waals surface area (Å²) in [4.78, 5) is 156. The van der Waals surface area contributed by atoms with Gasteiger partial charge in [-0.05, 0) is 105 Å². The zero-order valence-electron chi connectivity index (χ0n) is 56.2. The Morgan fingerprint density at radius 2 is 1.49 bits per heavy atom. The van der Waals surface area contributed by atoms with Crippen LogP contribution in [0.15, 0.2) is 103 Å². The Kier molecular flexibility index (Phi) is 24.4. The van der Waals surface area contributed by atoms with Gasteiger partial charge < -0.3 is 59.8 Å². The summed E-state index contributed by atoms with van der Waals surface area (Å²) >= 11 is 0. The number of nitrogens with zero attached hydrogens (tertiary/aromatic N) is 8. The third-order valence-corrected chi connectivity index (χ3v) is 17.2. The summed E-state index contributed by atoms with van der Waals surface area (Å²) in [6.07, 6.45) is 13.9. The monoisotopic (exact) mass is 1340 g/mol. The second kappa shape index (κ2) is 33.1. The number of Topliss-reactive ketones (excluding diaryl/α,β-unsaturated/α-hetero) is 3. The second-order valence-electron chi connectivity index (χ2n) is 25.3. The number of nitrogens with two attached hydrogens (primary N) is 1. The molecule has 98 heavy (non-hydrogen) atoms. The summed E-state index contributed by atoms with van der Waals surface area (Å²) in [5, 5.41) is 12.0. The summed E-state index contributed by atoms with van der Waals surface area (Å²) in [7, 11) is 5.00. The van der Waals surface area contributed by atoms with Crippen LogP contribution in [-0.2, 0) is 70.6 Å². The lowest BCUT2D eigenvalue weighted by Gasteiger charge is -2.24. The first-order chi connectivity index (χ1) is 46.9. The lowest BCUT2D eigenvalue weighted by molar-refractivity contribution is -0.137. The molecule has 0 bridgehead atoms. The summed E-state index contributed by atoms with van der Waals surface area (Å²) in [6.45, 7) is 11.5. The molecule has 518 valence electrons. The Labute approximate surface area is 567 Å². The van der Waals surface area contributed by atoms with Gasteiger partial charge in [-0.25, -0.2) is 4.98 Å². The number of carbonyl (C=O) groups excluding carboxylic acids is 11. The molecule has 0 saturated carbocycles. The van der Waals surface area contributed by atoms with Gasteiger partial charge in [0.1, 0.15) is 22.9 Å². The van der Waals surface area contributed by atoms with E-state index in [4.69, 9.17) is 19.9 Å². The Hall–Kier alpha value is -10.3. The zero-order valence-corrected chi connectivity index (χ0v) is 56.2. The van der Waals surface area contributed by atoms with Gasteiger partial charge in [-0.3, -0.25) is 67.2 Å². The van der Waals surface area contributed by atoms with Crippen molar-refractivity contribution in [2.45, 2.75) is 110 Å². The fourth-order valence-corrected chi connectivity index (χ4v) is 12.0. The number of hydrogen-bond donors (Lipinski definition) is 5. The molecule has 2 aromatic carbocycles. The van der Waals surface area contributed by atoms with Crippen LogP contribution in [-0.4, -0.2) is 169 Å². The first kappa shape index (κ1) is 72.0. The highest BCUT2D eigenvalue weighted by atomic mass is 16.5. The zero-order chi connectivity index (χ0) is 70.3. The van der Waals surface area contributed by atoms with Gasteiger partial charge in [0.15, 0.2) is 17.4 Å². The molecule has 3 aliphatic rings. The van der Waals surface area contributed by atoms with E-state index >= 15 is 0 Å². The van der Waals surface area contributed by atoms with Crippen LogP contribution in [0.5, 0.6) is 5.75 Å². The fraction of sp³-hybridized carbons (Fsp3) is 0.423. The van der Waals surface area contributed by atoms with Crippen molar-refractivity contribution in [3.05, 3.63) is 132 Å². The van der Waals surface area contributed by atoms with Gasteiger partial charge in [0, 0.05) is 146 Å². The number of benzene rings is 2. The molecule has 7 heterocycles. The molecule has 4 aromatic heterocycles. The van der Waals surface area contributed by atoms with Crippen LogP contribution >= 0.6 is 0 Å². The Morgan fingerprint density at radius 1 is 0.745 bits per heavy atom. The minimum absolute atomic E-state index is 0.0169. The van der Waals surface area contributed by atoms with Crippen LogP contribution in [0.4, 0.5) is 22.9 Å². The smallest absolute Gasteiger partial charge is 0.279 e. The van der Waals surface area contributed by atoms with Crippen molar-refractivity contribution in [3.63, 3.8) is 0 Å². The number of unbranched alkanes of at least 4 members (excludes halogenated alkanes) is 1. The number of aryl methyl sites for hydroxylation is 4. The maximum Gasteiger partial charge on any atom is 0.279 e. The molecule has 1 fully saturated rings.